The molecule has 0 amide bonds. The van der Waals surface area contributed by atoms with Gasteiger partial charge < -0.3 is 4.74 Å². The molecule has 15 heavy (non-hydrogen) atoms. The summed E-state index contributed by atoms with van der Waals surface area (Å²) in [7, 11) is 0. The highest BCUT2D eigenvalue weighted by atomic mass is 79.9. The van der Waals surface area contributed by atoms with Gasteiger partial charge in [-0.3, -0.25) is 4.68 Å². The number of rotatable bonds is 2. The summed E-state index contributed by atoms with van der Waals surface area (Å²) >= 11 is 3.43. The topological polar surface area (TPSA) is 27.1 Å². The van der Waals surface area contributed by atoms with Crippen LogP contribution in [0.4, 0.5) is 0 Å². The first-order chi connectivity index (χ1) is 7.18. The Hall–Kier alpha value is -0.350. The lowest BCUT2D eigenvalue weighted by molar-refractivity contribution is 0.00885. The van der Waals surface area contributed by atoms with Crippen molar-refractivity contribution in [1.82, 2.24) is 9.78 Å². The van der Waals surface area contributed by atoms with Gasteiger partial charge in [-0.25, -0.2) is 0 Å². The zero-order valence-corrected chi connectivity index (χ0v) is 10.8. The minimum absolute atomic E-state index is 0.236. The lowest BCUT2D eigenvalue weighted by Gasteiger charge is -2.24. The monoisotopic (exact) mass is 272 g/mol. The van der Waals surface area contributed by atoms with Gasteiger partial charge in [0.2, 0.25) is 0 Å². The first kappa shape index (κ1) is 11.1. The first-order valence-electron chi connectivity index (χ1n) is 5.55. The van der Waals surface area contributed by atoms with Crippen molar-refractivity contribution in [3.8, 4) is 0 Å². The van der Waals surface area contributed by atoms with Gasteiger partial charge in [-0.15, -0.1) is 0 Å². The fraction of sp³-hybridized carbons (Fsp3) is 0.727. The van der Waals surface area contributed by atoms with Crippen LogP contribution in [0.25, 0.3) is 0 Å². The van der Waals surface area contributed by atoms with Crippen LogP contribution in [0.5, 0.6) is 0 Å². The second-order valence-electron chi connectivity index (χ2n) is 4.29. The summed E-state index contributed by atoms with van der Waals surface area (Å²) in [6.45, 7) is 5.17. The molecule has 1 atom stereocenters. The molecule has 1 aliphatic heterocycles. The van der Waals surface area contributed by atoms with E-state index in [-0.39, 0.29) is 6.10 Å². The summed E-state index contributed by atoms with van der Waals surface area (Å²) in [5.74, 6) is 0. The Labute approximate surface area is 98.9 Å². The summed E-state index contributed by atoms with van der Waals surface area (Å²) in [6.07, 6.45) is 3.80. The SMILES string of the molecule is CC(C)n1nc(Br)cc1C1CCCCO1. The molecule has 1 fully saturated rings. The van der Waals surface area contributed by atoms with E-state index in [2.05, 4.69) is 45.6 Å². The molecule has 1 saturated heterocycles. The molecule has 0 radical (unpaired) electrons. The Balaban J connectivity index is 2.25. The van der Waals surface area contributed by atoms with Crippen molar-refractivity contribution in [3.05, 3.63) is 16.4 Å². The molecule has 84 valence electrons. The Morgan fingerprint density at radius 1 is 1.53 bits per heavy atom. The molecule has 1 aromatic rings. The van der Waals surface area contributed by atoms with Crippen LogP contribution in [0, 0.1) is 0 Å². The molecule has 0 aromatic carbocycles. The van der Waals surface area contributed by atoms with E-state index in [0.29, 0.717) is 6.04 Å². The van der Waals surface area contributed by atoms with Gasteiger partial charge in [-0.2, -0.15) is 5.10 Å². The van der Waals surface area contributed by atoms with Crippen molar-refractivity contribution in [3.63, 3.8) is 0 Å². The van der Waals surface area contributed by atoms with Gasteiger partial charge in [0.15, 0.2) is 0 Å². The summed E-state index contributed by atoms with van der Waals surface area (Å²) in [5.41, 5.74) is 1.21. The third-order valence-electron chi connectivity index (χ3n) is 2.73. The Morgan fingerprint density at radius 3 is 2.93 bits per heavy atom. The largest absolute Gasteiger partial charge is 0.372 e. The van der Waals surface area contributed by atoms with E-state index in [0.717, 1.165) is 17.6 Å². The molecule has 1 unspecified atom stereocenters. The van der Waals surface area contributed by atoms with Gasteiger partial charge in [0.1, 0.15) is 4.60 Å². The predicted molar refractivity (Wildman–Crippen MR) is 62.9 cm³/mol. The second-order valence-corrected chi connectivity index (χ2v) is 5.10. The average molecular weight is 273 g/mol. The lowest BCUT2D eigenvalue weighted by atomic mass is 10.1. The van der Waals surface area contributed by atoms with Gasteiger partial charge in [-0.05, 0) is 55.1 Å². The maximum atomic E-state index is 5.79. The number of hydrogen-bond donors (Lipinski definition) is 0. The number of aromatic nitrogens is 2. The van der Waals surface area contributed by atoms with Crippen LogP contribution in [0.1, 0.15) is 50.9 Å². The normalized spacial score (nSPS) is 22.3. The van der Waals surface area contributed by atoms with Crippen LogP contribution in [0.2, 0.25) is 0 Å². The summed E-state index contributed by atoms with van der Waals surface area (Å²) in [5, 5.41) is 4.44. The Morgan fingerprint density at radius 2 is 2.33 bits per heavy atom. The van der Waals surface area contributed by atoms with Gasteiger partial charge in [0, 0.05) is 12.6 Å². The van der Waals surface area contributed by atoms with Gasteiger partial charge in [-0.1, -0.05) is 0 Å². The summed E-state index contributed by atoms with van der Waals surface area (Å²) in [4.78, 5) is 0. The second kappa shape index (κ2) is 4.66. The molecule has 4 heteroatoms. The molecule has 2 rings (SSSR count). The smallest absolute Gasteiger partial charge is 0.128 e. The maximum Gasteiger partial charge on any atom is 0.128 e. The van der Waals surface area contributed by atoms with E-state index in [1.54, 1.807) is 0 Å². The number of hydrogen-bond acceptors (Lipinski definition) is 2. The molecule has 1 aliphatic rings. The molecule has 0 bridgehead atoms. The average Bonchev–Trinajstić information content (AvgIpc) is 2.62. The van der Waals surface area contributed by atoms with Crippen LogP contribution in [-0.4, -0.2) is 16.4 Å². The van der Waals surface area contributed by atoms with Crippen molar-refractivity contribution in [2.45, 2.75) is 45.3 Å². The molecule has 3 nitrogen and oxygen atoms in total. The Kier molecular flexibility index (Phi) is 3.46. The lowest BCUT2D eigenvalue weighted by Crippen LogP contribution is -2.17. The highest BCUT2D eigenvalue weighted by Crippen LogP contribution is 2.30. The van der Waals surface area contributed by atoms with E-state index in [9.17, 15) is 0 Å². The highest BCUT2D eigenvalue weighted by molar-refractivity contribution is 9.10. The van der Waals surface area contributed by atoms with Crippen LogP contribution in [-0.2, 0) is 4.74 Å². The van der Waals surface area contributed by atoms with Crippen molar-refractivity contribution < 1.29 is 4.74 Å². The minimum Gasteiger partial charge on any atom is -0.372 e. The van der Waals surface area contributed by atoms with Crippen LogP contribution < -0.4 is 0 Å². The van der Waals surface area contributed by atoms with Crippen molar-refractivity contribution >= 4 is 15.9 Å². The van der Waals surface area contributed by atoms with Crippen LogP contribution >= 0.6 is 15.9 Å². The first-order valence-corrected chi connectivity index (χ1v) is 6.34. The molecule has 1 aromatic heterocycles. The summed E-state index contributed by atoms with van der Waals surface area (Å²) in [6, 6.07) is 2.47. The van der Waals surface area contributed by atoms with Crippen LogP contribution in [0.15, 0.2) is 10.7 Å². The van der Waals surface area contributed by atoms with Gasteiger partial charge in [0.25, 0.3) is 0 Å². The van der Waals surface area contributed by atoms with Crippen molar-refractivity contribution in [1.29, 1.82) is 0 Å². The molecular weight excluding hydrogens is 256 g/mol. The third-order valence-corrected chi connectivity index (χ3v) is 3.12. The number of halogens is 1. The molecule has 0 N–H and O–H groups in total. The standard InChI is InChI=1S/C11H17BrN2O/c1-8(2)14-9(7-11(12)13-14)10-5-3-4-6-15-10/h7-8,10H,3-6H2,1-2H3. The Bertz CT molecular complexity index is 329. The number of ether oxygens (including phenoxy) is 1. The number of nitrogens with zero attached hydrogens (tertiary/aromatic N) is 2. The van der Waals surface area contributed by atoms with Gasteiger partial charge in [0.05, 0.1) is 11.8 Å². The molecular formula is C11H17BrN2O. The quantitative estimate of drug-likeness (QED) is 0.825. The van der Waals surface area contributed by atoms with E-state index >= 15 is 0 Å². The minimum atomic E-state index is 0.236. The van der Waals surface area contributed by atoms with E-state index in [1.165, 1.54) is 18.5 Å². The predicted octanol–water partition coefficient (Wildman–Crippen LogP) is 3.47. The molecule has 0 saturated carbocycles. The van der Waals surface area contributed by atoms with Gasteiger partial charge >= 0.3 is 0 Å². The molecule has 2 heterocycles. The maximum absolute atomic E-state index is 5.79. The summed E-state index contributed by atoms with van der Waals surface area (Å²) < 4.78 is 8.75. The van der Waals surface area contributed by atoms with E-state index < -0.39 is 0 Å². The van der Waals surface area contributed by atoms with Crippen molar-refractivity contribution in [2.24, 2.45) is 0 Å². The van der Waals surface area contributed by atoms with E-state index in [1.807, 2.05) is 0 Å². The molecule has 0 aliphatic carbocycles. The van der Waals surface area contributed by atoms with Crippen molar-refractivity contribution in [2.75, 3.05) is 6.61 Å². The van der Waals surface area contributed by atoms with E-state index in [4.69, 9.17) is 4.74 Å². The fourth-order valence-electron chi connectivity index (χ4n) is 2.01. The molecule has 0 spiro atoms. The third kappa shape index (κ3) is 2.42. The zero-order valence-electron chi connectivity index (χ0n) is 9.24. The fourth-order valence-corrected chi connectivity index (χ4v) is 2.41. The zero-order chi connectivity index (χ0) is 10.8. The highest BCUT2D eigenvalue weighted by Gasteiger charge is 2.21. The van der Waals surface area contributed by atoms with Crippen LogP contribution in [0.3, 0.4) is 0 Å².